The van der Waals surface area contributed by atoms with Gasteiger partial charge in [-0.15, -0.1) is 0 Å². The van der Waals surface area contributed by atoms with Gasteiger partial charge >= 0.3 is 0 Å². The summed E-state index contributed by atoms with van der Waals surface area (Å²) in [5, 5.41) is 0. The SMILES string of the molecule is CS(=O)(=O)c1cccnc1N1CCN(c2ccncn2)CC1. The van der Waals surface area contributed by atoms with Crippen LogP contribution in [0.15, 0.2) is 41.8 Å². The third-order valence-electron chi connectivity index (χ3n) is 3.62. The monoisotopic (exact) mass is 319 g/mol. The largest absolute Gasteiger partial charge is 0.353 e. The van der Waals surface area contributed by atoms with Crippen molar-refractivity contribution in [2.45, 2.75) is 4.90 Å². The van der Waals surface area contributed by atoms with E-state index >= 15 is 0 Å². The van der Waals surface area contributed by atoms with Crippen LogP contribution in [0.3, 0.4) is 0 Å². The van der Waals surface area contributed by atoms with Crippen molar-refractivity contribution in [3.05, 3.63) is 36.9 Å². The van der Waals surface area contributed by atoms with Gasteiger partial charge in [-0.3, -0.25) is 0 Å². The fraction of sp³-hybridized carbons (Fsp3) is 0.357. The zero-order valence-electron chi connectivity index (χ0n) is 12.3. The highest BCUT2D eigenvalue weighted by Gasteiger charge is 2.23. The molecular weight excluding hydrogens is 302 g/mol. The second-order valence-corrected chi connectivity index (χ2v) is 7.12. The number of aromatic nitrogens is 3. The number of piperazine rings is 1. The molecule has 0 unspecified atom stereocenters. The third kappa shape index (κ3) is 3.01. The maximum absolute atomic E-state index is 11.9. The van der Waals surface area contributed by atoms with E-state index < -0.39 is 9.84 Å². The van der Waals surface area contributed by atoms with Crippen molar-refractivity contribution < 1.29 is 8.42 Å². The highest BCUT2D eigenvalue weighted by Crippen LogP contribution is 2.24. The maximum atomic E-state index is 11.9. The summed E-state index contributed by atoms with van der Waals surface area (Å²) in [7, 11) is -3.29. The minimum absolute atomic E-state index is 0.283. The zero-order chi connectivity index (χ0) is 15.6. The van der Waals surface area contributed by atoms with E-state index in [0.717, 1.165) is 18.9 Å². The fourth-order valence-electron chi connectivity index (χ4n) is 2.53. The van der Waals surface area contributed by atoms with Crippen LogP contribution in [0, 0.1) is 0 Å². The van der Waals surface area contributed by atoms with E-state index in [2.05, 4.69) is 19.9 Å². The van der Waals surface area contributed by atoms with Crippen LogP contribution >= 0.6 is 0 Å². The second-order valence-electron chi connectivity index (χ2n) is 5.14. The third-order valence-corrected chi connectivity index (χ3v) is 4.74. The summed E-state index contributed by atoms with van der Waals surface area (Å²) in [6.07, 6.45) is 6.09. The number of hydrogen-bond donors (Lipinski definition) is 0. The minimum Gasteiger partial charge on any atom is -0.353 e. The van der Waals surface area contributed by atoms with Crippen molar-refractivity contribution in [3.63, 3.8) is 0 Å². The molecule has 0 amide bonds. The van der Waals surface area contributed by atoms with E-state index in [9.17, 15) is 8.42 Å². The summed E-state index contributed by atoms with van der Waals surface area (Å²) < 4.78 is 23.8. The second kappa shape index (κ2) is 5.88. The molecule has 22 heavy (non-hydrogen) atoms. The summed E-state index contributed by atoms with van der Waals surface area (Å²) >= 11 is 0. The number of rotatable bonds is 3. The van der Waals surface area contributed by atoms with E-state index in [1.807, 2.05) is 11.0 Å². The number of anilines is 2. The molecule has 0 atom stereocenters. The van der Waals surface area contributed by atoms with E-state index in [1.54, 1.807) is 24.5 Å². The lowest BCUT2D eigenvalue weighted by molar-refractivity contribution is 0.598. The molecule has 0 bridgehead atoms. The molecule has 2 aromatic heterocycles. The number of pyridine rings is 1. The van der Waals surface area contributed by atoms with Gasteiger partial charge in [-0.1, -0.05) is 0 Å². The van der Waals surface area contributed by atoms with Crippen molar-refractivity contribution in [1.29, 1.82) is 0 Å². The average molecular weight is 319 g/mol. The Morgan fingerprint density at radius 3 is 2.36 bits per heavy atom. The van der Waals surface area contributed by atoms with Crippen LogP contribution in [0.5, 0.6) is 0 Å². The highest BCUT2D eigenvalue weighted by molar-refractivity contribution is 7.90. The van der Waals surface area contributed by atoms with Crippen LogP contribution in [0.2, 0.25) is 0 Å². The molecular formula is C14H17N5O2S. The molecule has 0 radical (unpaired) electrons. The van der Waals surface area contributed by atoms with Gasteiger partial charge in [0.15, 0.2) is 9.84 Å². The summed E-state index contributed by atoms with van der Waals surface area (Å²) in [5.41, 5.74) is 0. The standard InChI is InChI=1S/C14H17N5O2S/c1-22(20,21)12-3-2-5-16-14(12)19-9-7-18(8-10-19)13-4-6-15-11-17-13/h2-6,11H,7-10H2,1H3. The Bertz CT molecular complexity index is 743. The van der Waals surface area contributed by atoms with Gasteiger partial charge in [-0.25, -0.2) is 23.4 Å². The molecule has 1 saturated heterocycles. The van der Waals surface area contributed by atoms with Crippen LogP contribution in [-0.4, -0.2) is 55.8 Å². The molecule has 3 heterocycles. The number of sulfone groups is 1. The number of hydrogen-bond acceptors (Lipinski definition) is 7. The molecule has 3 rings (SSSR count). The maximum Gasteiger partial charge on any atom is 0.179 e. The molecule has 7 nitrogen and oxygen atoms in total. The van der Waals surface area contributed by atoms with Crippen molar-refractivity contribution in [2.24, 2.45) is 0 Å². The Morgan fingerprint density at radius 1 is 1.00 bits per heavy atom. The van der Waals surface area contributed by atoms with Crippen molar-refractivity contribution in [2.75, 3.05) is 42.2 Å². The molecule has 0 aromatic carbocycles. The van der Waals surface area contributed by atoms with Crippen molar-refractivity contribution in [1.82, 2.24) is 15.0 Å². The van der Waals surface area contributed by atoms with E-state index in [-0.39, 0.29) is 4.90 Å². The van der Waals surface area contributed by atoms with Gasteiger partial charge in [0, 0.05) is 44.8 Å². The summed E-state index contributed by atoms with van der Waals surface area (Å²) in [6, 6.07) is 5.13. The highest BCUT2D eigenvalue weighted by atomic mass is 32.2. The molecule has 2 aromatic rings. The smallest absolute Gasteiger partial charge is 0.179 e. The van der Waals surface area contributed by atoms with E-state index in [4.69, 9.17) is 0 Å². The predicted molar refractivity (Wildman–Crippen MR) is 83.8 cm³/mol. The predicted octanol–water partition coefficient (Wildman–Crippen LogP) is 0.602. The van der Waals surface area contributed by atoms with Crippen LogP contribution in [0.1, 0.15) is 0 Å². The molecule has 0 aliphatic carbocycles. The van der Waals surface area contributed by atoms with Crippen LogP contribution < -0.4 is 9.80 Å². The number of nitrogens with zero attached hydrogens (tertiary/aromatic N) is 5. The molecule has 1 aliphatic heterocycles. The zero-order valence-corrected chi connectivity index (χ0v) is 13.1. The lowest BCUT2D eigenvalue weighted by Crippen LogP contribution is -2.47. The van der Waals surface area contributed by atoms with Crippen LogP contribution in [0.4, 0.5) is 11.6 Å². The quantitative estimate of drug-likeness (QED) is 0.819. The first-order valence-corrected chi connectivity index (χ1v) is 8.86. The van der Waals surface area contributed by atoms with Crippen LogP contribution in [-0.2, 0) is 9.84 Å². The lowest BCUT2D eigenvalue weighted by Gasteiger charge is -2.36. The summed E-state index contributed by atoms with van der Waals surface area (Å²) in [5.74, 6) is 1.42. The molecule has 0 N–H and O–H groups in total. The van der Waals surface area contributed by atoms with Gasteiger partial charge in [-0.2, -0.15) is 0 Å². The minimum atomic E-state index is -3.29. The molecule has 0 saturated carbocycles. The van der Waals surface area contributed by atoms with Gasteiger partial charge in [0.05, 0.1) is 0 Å². The van der Waals surface area contributed by atoms with Gasteiger partial charge < -0.3 is 9.80 Å². The lowest BCUT2D eigenvalue weighted by atomic mass is 10.3. The Balaban J connectivity index is 1.78. The first-order chi connectivity index (χ1) is 10.6. The van der Waals surface area contributed by atoms with Gasteiger partial charge in [0.2, 0.25) is 0 Å². The first-order valence-electron chi connectivity index (χ1n) is 6.97. The molecule has 116 valence electrons. The summed E-state index contributed by atoms with van der Waals surface area (Å²) in [6.45, 7) is 2.92. The van der Waals surface area contributed by atoms with E-state index in [1.165, 1.54) is 12.6 Å². The Hall–Kier alpha value is -2.22. The molecule has 1 aliphatic rings. The van der Waals surface area contributed by atoms with Gasteiger partial charge in [-0.05, 0) is 18.2 Å². The molecule has 8 heteroatoms. The van der Waals surface area contributed by atoms with E-state index in [0.29, 0.717) is 18.9 Å². The fourth-order valence-corrected chi connectivity index (χ4v) is 3.37. The van der Waals surface area contributed by atoms with Crippen LogP contribution in [0.25, 0.3) is 0 Å². The Labute approximate surface area is 129 Å². The van der Waals surface area contributed by atoms with Gasteiger partial charge in [0.1, 0.15) is 22.9 Å². The first kappa shape index (κ1) is 14.7. The van der Waals surface area contributed by atoms with Crippen molar-refractivity contribution in [3.8, 4) is 0 Å². The van der Waals surface area contributed by atoms with Crippen molar-refractivity contribution >= 4 is 21.5 Å². The topological polar surface area (TPSA) is 79.3 Å². The van der Waals surface area contributed by atoms with Gasteiger partial charge in [0.25, 0.3) is 0 Å². The normalized spacial score (nSPS) is 15.9. The molecule has 1 fully saturated rings. The summed E-state index contributed by atoms with van der Waals surface area (Å²) in [4.78, 5) is 16.9. The Morgan fingerprint density at radius 2 is 1.73 bits per heavy atom. The average Bonchev–Trinajstić information content (AvgIpc) is 2.55. The molecule has 0 spiro atoms. The Kier molecular flexibility index (Phi) is 3.93.